The van der Waals surface area contributed by atoms with E-state index in [1.165, 1.54) is 5.56 Å². The Bertz CT molecular complexity index is 599. The molecule has 0 saturated carbocycles. The SMILES string of the molecule is CN(Cc1ccc([N+](=O)[O-])cc1)Cc1ccccc1Br. The average Bonchev–Trinajstić information content (AvgIpc) is 2.42. The van der Waals surface area contributed by atoms with Crippen molar-refractivity contribution in [3.05, 3.63) is 74.2 Å². The first-order chi connectivity index (χ1) is 9.56. The minimum atomic E-state index is -0.380. The van der Waals surface area contributed by atoms with Crippen LogP contribution in [0.2, 0.25) is 0 Å². The topological polar surface area (TPSA) is 46.4 Å². The summed E-state index contributed by atoms with van der Waals surface area (Å²) in [5.74, 6) is 0. The Hall–Kier alpha value is -1.72. The number of non-ortho nitro benzene ring substituents is 1. The lowest BCUT2D eigenvalue weighted by Crippen LogP contribution is -2.17. The fraction of sp³-hybridized carbons (Fsp3) is 0.200. The van der Waals surface area contributed by atoms with E-state index in [1.807, 2.05) is 25.2 Å². The maximum Gasteiger partial charge on any atom is 0.269 e. The molecular formula is C15H15BrN2O2. The standard InChI is InChI=1S/C15H15BrN2O2/c1-17(11-13-4-2-3-5-15(13)16)10-12-6-8-14(9-7-12)18(19)20/h2-9H,10-11H2,1H3. The number of halogens is 1. The minimum absolute atomic E-state index is 0.127. The molecular weight excluding hydrogens is 320 g/mol. The zero-order chi connectivity index (χ0) is 14.5. The van der Waals surface area contributed by atoms with Gasteiger partial charge in [-0.15, -0.1) is 0 Å². The molecule has 0 atom stereocenters. The first-order valence-corrected chi connectivity index (χ1v) is 7.01. The molecule has 0 aromatic heterocycles. The summed E-state index contributed by atoms with van der Waals surface area (Å²) in [6, 6.07) is 14.8. The van der Waals surface area contributed by atoms with Crippen molar-refractivity contribution in [3.63, 3.8) is 0 Å². The lowest BCUT2D eigenvalue weighted by atomic mass is 10.1. The summed E-state index contributed by atoms with van der Waals surface area (Å²) in [6.07, 6.45) is 0. The van der Waals surface area contributed by atoms with Gasteiger partial charge in [0.2, 0.25) is 0 Å². The van der Waals surface area contributed by atoms with Crippen LogP contribution in [0, 0.1) is 10.1 Å². The normalized spacial score (nSPS) is 10.8. The Labute approximate surface area is 126 Å². The van der Waals surface area contributed by atoms with E-state index in [1.54, 1.807) is 24.3 Å². The zero-order valence-corrected chi connectivity index (χ0v) is 12.7. The molecule has 0 N–H and O–H groups in total. The van der Waals surface area contributed by atoms with Crippen molar-refractivity contribution in [1.29, 1.82) is 0 Å². The summed E-state index contributed by atoms with van der Waals surface area (Å²) < 4.78 is 1.09. The van der Waals surface area contributed by atoms with E-state index in [4.69, 9.17) is 0 Å². The van der Waals surface area contributed by atoms with Gasteiger partial charge in [-0.2, -0.15) is 0 Å². The summed E-state index contributed by atoms with van der Waals surface area (Å²) >= 11 is 3.53. The van der Waals surface area contributed by atoms with Gasteiger partial charge in [-0.3, -0.25) is 15.0 Å². The van der Waals surface area contributed by atoms with E-state index in [0.29, 0.717) is 0 Å². The van der Waals surface area contributed by atoms with Gasteiger partial charge in [0.1, 0.15) is 0 Å². The van der Waals surface area contributed by atoms with Crippen LogP contribution in [0.5, 0.6) is 0 Å². The van der Waals surface area contributed by atoms with Gasteiger partial charge in [0, 0.05) is 29.7 Å². The molecule has 0 aliphatic heterocycles. The maximum absolute atomic E-state index is 10.6. The van der Waals surface area contributed by atoms with Gasteiger partial charge < -0.3 is 0 Å². The van der Waals surface area contributed by atoms with Gasteiger partial charge >= 0.3 is 0 Å². The number of nitrogens with zero attached hydrogens (tertiary/aromatic N) is 2. The third-order valence-corrected chi connectivity index (χ3v) is 3.77. The van der Waals surface area contributed by atoms with Crippen LogP contribution in [0.4, 0.5) is 5.69 Å². The molecule has 2 rings (SSSR count). The number of nitro groups is 1. The number of hydrogen-bond donors (Lipinski definition) is 0. The summed E-state index contributed by atoms with van der Waals surface area (Å²) in [4.78, 5) is 12.4. The molecule has 0 amide bonds. The van der Waals surface area contributed by atoms with Crippen molar-refractivity contribution in [2.75, 3.05) is 7.05 Å². The van der Waals surface area contributed by atoms with Crippen molar-refractivity contribution in [2.24, 2.45) is 0 Å². The summed E-state index contributed by atoms with van der Waals surface area (Å²) in [6.45, 7) is 1.57. The second-order valence-electron chi connectivity index (χ2n) is 4.69. The van der Waals surface area contributed by atoms with E-state index in [0.717, 1.165) is 23.1 Å². The van der Waals surface area contributed by atoms with E-state index in [-0.39, 0.29) is 10.6 Å². The molecule has 104 valence electrons. The number of benzene rings is 2. The van der Waals surface area contributed by atoms with Crippen molar-refractivity contribution < 1.29 is 4.92 Å². The molecule has 0 spiro atoms. The predicted octanol–water partition coefficient (Wildman–Crippen LogP) is 3.99. The molecule has 2 aromatic rings. The summed E-state index contributed by atoms with van der Waals surface area (Å²) in [7, 11) is 2.03. The Morgan fingerprint density at radius 1 is 1.10 bits per heavy atom. The lowest BCUT2D eigenvalue weighted by Gasteiger charge is -2.17. The molecule has 0 radical (unpaired) electrons. The van der Waals surface area contributed by atoms with Crippen LogP contribution in [-0.2, 0) is 13.1 Å². The molecule has 0 bridgehead atoms. The number of rotatable bonds is 5. The maximum atomic E-state index is 10.6. The van der Waals surface area contributed by atoms with Crippen LogP contribution < -0.4 is 0 Å². The number of nitro benzene ring substituents is 1. The molecule has 0 saturated heterocycles. The minimum Gasteiger partial charge on any atom is -0.298 e. The van der Waals surface area contributed by atoms with E-state index in [9.17, 15) is 10.1 Å². The van der Waals surface area contributed by atoms with Gasteiger partial charge in [0.25, 0.3) is 5.69 Å². The molecule has 0 aliphatic carbocycles. The van der Waals surface area contributed by atoms with Crippen molar-refractivity contribution in [3.8, 4) is 0 Å². The predicted molar refractivity (Wildman–Crippen MR) is 82.4 cm³/mol. The molecule has 20 heavy (non-hydrogen) atoms. The van der Waals surface area contributed by atoms with E-state index < -0.39 is 0 Å². The largest absolute Gasteiger partial charge is 0.298 e. The van der Waals surface area contributed by atoms with Gasteiger partial charge in [-0.25, -0.2) is 0 Å². The molecule has 5 heteroatoms. The van der Waals surface area contributed by atoms with Crippen LogP contribution >= 0.6 is 15.9 Å². The molecule has 0 aliphatic rings. The molecule has 0 fully saturated rings. The van der Waals surface area contributed by atoms with Gasteiger partial charge in [-0.05, 0) is 24.2 Å². The Morgan fingerprint density at radius 2 is 1.75 bits per heavy atom. The highest BCUT2D eigenvalue weighted by Gasteiger charge is 2.07. The molecule has 2 aromatic carbocycles. The van der Waals surface area contributed by atoms with Gasteiger partial charge in [0.15, 0.2) is 0 Å². The quantitative estimate of drug-likeness (QED) is 0.613. The lowest BCUT2D eigenvalue weighted by molar-refractivity contribution is -0.384. The highest BCUT2D eigenvalue weighted by Crippen LogP contribution is 2.19. The number of hydrogen-bond acceptors (Lipinski definition) is 3. The van der Waals surface area contributed by atoms with Crippen LogP contribution in [0.3, 0.4) is 0 Å². The van der Waals surface area contributed by atoms with Gasteiger partial charge in [-0.1, -0.05) is 46.3 Å². The first kappa shape index (κ1) is 14.7. The fourth-order valence-electron chi connectivity index (χ4n) is 2.01. The smallest absolute Gasteiger partial charge is 0.269 e. The Kier molecular flexibility index (Phi) is 4.87. The Balaban J connectivity index is 1.99. The van der Waals surface area contributed by atoms with Crippen LogP contribution in [0.1, 0.15) is 11.1 Å². The molecule has 0 unspecified atom stereocenters. The van der Waals surface area contributed by atoms with Crippen molar-refractivity contribution >= 4 is 21.6 Å². The fourth-order valence-corrected chi connectivity index (χ4v) is 2.42. The summed E-state index contributed by atoms with van der Waals surface area (Å²) in [5, 5.41) is 10.6. The summed E-state index contributed by atoms with van der Waals surface area (Å²) in [5.41, 5.74) is 2.41. The van der Waals surface area contributed by atoms with E-state index in [2.05, 4.69) is 26.9 Å². The monoisotopic (exact) mass is 334 g/mol. The van der Waals surface area contributed by atoms with Crippen molar-refractivity contribution in [1.82, 2.24) is 4.90 Å². The van der Waals surface area contributed by atoms with Crippen LogP contribution in [0.15, 0.2) is 53.0 Å². The van der Waals surface area contributed by atoms with Crippen LogP contribution in [0.25, 0.3) is 0 Å². The van der Waals surface area contributed by atoms with Crippen LogP contribution in [-0.4, -0.2) is 16.9 Å². The second-order valence-corrected chi connectivity index (χ2v) is 5.54. The van der Waals surface area contributed by atoms with E-state index >= 15 is 0 Å². The molecule has 4 nitrogen and oxygen atoms in total. The zero-order valence-electron chi connectivity index (χ0n) is 11.1. The second kappa shape index (κ2) is 6.63. The van der Waals surface area contributed by atoms with Gasteiger partial charge in [0.05, 0.1) is 4.92 Å². The highest BCUT2D eigenvalue weighted by molar-refractivity contribution is 9.10. The third-order valence-electron chi connectivity index (χ3n) is 3.00. The highest BCUT2D eigenvalue weighted by atomic mass is 79.9. The third kappa shape index (κ3) is 3.88. The Morgan fingerprint density at radius 3 is 2.35 bits per heavy atom. The molecule has 0 heterocycles. The van der Waals surface area contributed by atoms with Crippen molar-refractivity contribution in [2.45, 2.75) is 13.1 Å². The average molecular weight is 335 g/mol. The first-order valence-electron chi connectivity index (χ1n) is 6.21.